The van der Waals surface area contributed by atoms with E-state index in [9.17, 15) is 9.59 Å². The minimum Gasteiger partial charge on any atom is -0.481 e. The number of aromatic nitrogens is 2. The largest absolute Gasteiger partial charge is 0.481 e. The lowest BCUT2D eigenvalue weighted by Crippen LogP contribution is -2.34. The number of aliphatic carboxylic acids is 1. The van der Waals surface area contributed by atoms with E-state index >= 15 is 0 Å². The van der Waals surface area contributed by atoms with Crippen LogP contribution in [0.3, 0.4) is 0 Å². The number of amides is 1. The van der Waals surface area contributed by atoms with Crippen LogP contribution >= 0.6 is 23.4 Å². The molecule has 1 unspecified atom stereocenters. The number of carboxylic acids is 1. The number of carbonyl (C=O) groups excluding carboxylic acids is 1. The molecule has 1 heterocycles. The summed E-state index contributed by atoms with van der Waals surface area (Å²) < 4.78 is 0. The molecule has 0 aliphatic heterocycles. The fourth-order valence-electron chi connectivity index (χ4n) is 1.75. The lowest BCUT2D eigenvalue weighted by Gasteiger charge is -2.15. The van der Waals surface area contributed by atoms with Crippen LogP contribution in [0.2, 0.25) is 5.02 Å². The van der Waals surface area contributed by atoms with E-state index in [1.807, 2.05) is 13.8 Å². The van der Waals surface area contributed by atoms with Gasteiger partial charge in [-0.25, -0.2) is 9.97 Å². The van der Waals surface area contributed by atoms with Gasteiger partial charge in [-0.15, -0.1) is 0 Å². The molecule has 0 radical (unpaired) electrons. The summed E-state index contributed by atoms with van der Waals surface area (Å²) in [4.78, 5) is 31.2. The standard InChI is InChI=1S/C13H18ClN3O3S/c1-7(2)4-8(12(19)20)5-15-11(18)10-9(14)6-16-13(17-10)21-3/h6-8H,4-5H2,1-3H3,(H,15,18)(H,19,20). The van der Waals surface area contributed by atoms with Crippen molar-refractivity contribution in [2.45, 2.75) is 25.4 Å². The van der Waals surface area contributed by atoms with Crippen LogP contribution in [-0.2, 0) is 4.79 Å². The van der Waals surface area contributed by atoms with Crippen molar-refractivity contribution in [2.75, 3.05) is 12.8 Å². The van der Waals surface area contributed by atoms with Crippen molar-refractivity contribution in [1.82, 2.24) is 15.3 Å². The molecule has 6 nitrogen and oxygen atoms in total. The molecule has 21 heavy (non-hydrogen) atoms. The number of thioether (sulfide) groups is 1. The normalized spacial score (nSPS) is 12.2. The van der Waals surface area contributed by atoms with Crippen molar-refractivity contribution in [1.29, 1.82) is 0 Å². The third-order valence-corrected chi connectivity index (χ3v) is 3.57. The van der Waals surface area contributed by atoms with Gasteiger partial charge in [0.15, 0.2) is 10.9 Å². The molecule has 0 fully saturated rings. The maximum absolute atomic E-state index is 12.1. The molecule has 0 aliphatic carbocycles. The zero-order chi connectivity index (χ0) is 16.0. The van der Waals surface area contributed by atoms with Gasteiger partial charge in [0.1, 0.15) is 0 Å². The van der Waals surface area contributed by atoms with E-state index in [0.29, 0.717) is 11.6 Å². The van der Waals surface area contributed by atoms with Gasteiger partial charge in [-0.05, 0) is 18.6 Å². The van der Waals surface area contributed by atoms with Crippen LogP contribution in [-0.4, -0.2) is 39.8 Å². The predicted octanol–water partition coefficient (Wildman–Crippen LogP) is 2.33. The Kier molecular flexibility index (Phi) is 6.91. The van der Waals surface area contributed by atoms with Crippen molar-refractivity contribution in [3.63, 3.8) is 0 Å². The van der Waals surface area contributed by atoms with Crippen molar-refractivity contribution in [3.05, 3.63) is 16.9 Å². The first-order chi connectivity index (χ1) is 9.85. The molecule has 0 bridgehead atoms. The highest BCUT2D eigenvalue weighted by Crippen LogP contribution is 2.17. The molecule has 8 heteroatoms. The van der Waals surface area contributed by atoms with E-state index in [-0.39, 0.29) is 23.2 Å². The number of hydrogen-bond donors (Lipinski definition) is 2. The minimum atomic E-state index is -0.928. The summed E-state index contributed by atoms with van der Waals surface area (Å²) in [5.41, 5.74) is 0.0599. The second-order valence-electron chi connectivity index (χ2n) is 4.93. The smallest absolute Gasteiger partial charge is 0.308 e. The van der Waals surface area contributed by atoms with E-state index in [1.165, 1.54) is 18.0 Å². The molecular weight excluding hydrogens is 314 g/mol. The van der Waals surface area contributed by atoms with Crippen LogP contribution in [0, 0.1) is 11.8 Å². The van der Waals surface area contributed by atoms with Crippen LogP contribution in [0.5, 0.6) is 0 Å². The highest BCUT2D eigenvalue weighted by molar-refractivity contribution is 7.98. The zero-order valence-electron chi connectivity index (χ0n) is 12.1. The molecule has 2 N–H and O–H groups in total. The lowest BCUT2D eigenvalue weighted by molar-refractivity contribution is -0.142. The molecule has 0 aromatic carbocycles. The number of carboxylic acid groups (broad SMARTS) is 1. The maximum atomic E-state index is 12.1. The summed E-state index contributed by atoms with van der Waals surface area (Å²) in [5.74, 6) is -1.82. The quantitative estimate of drug-likeness (QED) is 0.588. The van der Waals surface area contributed by atoms with Crippen molar-refractivity contribution >= 4 is 35.2 Å². The molecule has 0 aliphatic rings. The van der Waals surface area contributed by atoms with Crippen molar-refractivity contribution in [2.24, 2.45) is 11.8 Å². The fourth-order valence-corrected chi connectivity index (χ4v) is 2.27. The highest BCUT2D eigenvalue weighted by atomic mass is 35.5. The monoisotopic (exact) mass is 331 g/mol. The Balaban J connectivity index is 2.74. The van der Waals surface area contributed by atoms with Gasteiger partial charge in [0, 0.05) is 6.54 Å². The first-order valence-corrected chi connectivity index (χ1v) is 8.03. The number of halogens is 1. The number of nitrogens with one attached hydrogen (secondary N) is 1. The summed E-state index contributed by atoms with van der Waals surface area (Å²) in [6.45, 7) is 3.91. The van der Waals surface area contributed by atoms with E-state index in [1.54, 1.807) is 6.26 Å². The van der Waals surface area contributed by atoms with E-state index < -0.39 is 17.8 Å². The molecule has 1 aromatic rings. The van der Waals surface area contributed by atoms with Gasteiger partial charge in [-0.2, -0.15) is 0 Å². The minimum absolute atomic E-state index is 0.0429. The third kappa shape index (κ3) is 5.51. The van der Waals surface area contributed by atoms with Gasteiger partial charge in [0.05, 0.1) is 17.1 Å². The van der Waals surface area contributed by atoms with E-state index in [0.717, 1.165) is 0 Å². The summed E-state index contributed by atoms with van der Waals surface area (Å²) in [7, 11) is 0. The SMILES string of the molecule is CSc1ncc(Cl)c(C(=O)NCC(CC(C)C)C(=O)O)n1. The summed E-state index contributed by atoms with van der Waals surface area (Å²) in [6, 6.07) is 0. The van der Waals surface area contributed by atoms with Gasteiger partial charge >= 0.3 is 5.97 Å². The van der Waals surface area contributed by atoms with Gasteiger partial charge in [0.2, 0.25) is 0 Å². The van der Waals surface area contributed by atoms with Gasteiger partial charge < -0.3 is 10.4 Å². The Morgan fingerprint density at radius 3 is 2.67 bits per heavy atom. The van der Waals surface area contributed by atoms with Gasteiger partial charge in [-0.1, -0.05) is 37.2 Å². The van der Waals surface area contributed by atoms with Crippen LogP contribution in [0.15, 0.2) is 11.4 Å². The third-order valence-electron chi connectivity index (χ3n) is 2.73. The molecule has 1 atom stereocenters. The Morgan fingerprint density at radius 1 is 1.48 bits per heavy atom. The summed E-state index contributed by atoms with van der Waals surface area (Å²) >= 11 is 7.19. The second-order valence-corrected chi connectivity index (χ2v) is 6.11. The number of rotatable bonds is 7. The van der Waals surface area contributed by atoms with Crippen LogP contribution in [0.4, 0.5) is 0 Å². The van der Waals surface area contributed by atoms with Gasteiger partial charge in [0.25, 0.3) is 5.91 Å². The van der Waals surface area contributed by atoms with Crippen molar-refractivity contribution < 1.29 is 14.7 Å². The molecule has 0 saturated heterocycles. The number of nitrogens with zero attached hydrogens (tertiary/aromatic N) is 2. The summed E-state index contributed by atoms with van der Waals surface area (Å²) in [6.07, 6.45) is 3.63. The topological polar surface area (TPSA) is 92.2 Å². The average Bonchev–Trinajstić information content (AvgIpc) is 2.43. The second kappa shape index (κ2) is 8.19. The summed E-state index contributed by atoms with van der Waals surface area (Å²) in [5, 5.41) is 12.3. The molecule has 1 amide bonds. The Hall–Kier alpha value is -1.34. The predicted molar refractivity (Wildman–Crippen MR) is 81.7 cm³/mol. The van der Waals surface area contributed by atoms with Crippen LogP contribution in [0.1, 0.15) is 30.8 Å². The number of carbonyl (C=O) groups is 2. The first-order valence-electron chi connectivity index (χ1n) is 6.42. The Morgan fingerprint density at radius 2 is 2.14 bits per heavy atom. The first kappa shape index (κ1) is 17.7. The number of hydrogen-bond acceptors (Lipinski definition) is 5. The van der Waals surface area contributed by atoms with E-state index in [4.69, 9.17) is 16.7 Å². The van der Waals surface area contributed by atoms with E-state index in [2.05, 4.69) is 15.3 Å². The zero-order valence-corrected chi connectivity index (χ0v) is 13.7. The van der Waals surface area contributed by atoms with Crippen molar-refractivity contribution in [3.8, 4) is 0 Å². The molecule has 1 aromatic heterocycles. The Labute approximate surface area is 132 Å². The highest BCUT2D eigenvalue weighted by Gasteiger charge is 2.21. The average molecular weight is 332 g/mol. The molecule has 116 valence electrons. The fraction of sp³-hybridized carbons (Fsp3) is 0.538. The lowest BCUT2D eigenvalue weighted by atomic mass is 9.97. The Bertz CT molecular complexity index is 525. The molecule has 0 saturated carbocycles. The molecule has 0 spiro atoms. The molecular formula is C13H18ClN3O3S. The van der Waals surface area contributed by atoms with Gasteiger partial charge in [-0.3, -0.25) is 9.59 Å². The van der Waals surface area contributed by atoms with Crippen LogP contribution < -0.4 is 5.32 Å². The molecule has 1 rings (SSSR count). The van der Waals surface area contributed by atoms with Crippen LogP contribution in [0.25, 0.3) is 0 Å². The maximum Gasteiger partial charge on any atom is 0.308 e.